The molecule has 1 aromatic rings. The van der Waals surface area contributed by atoms with Crippen LogP contribution in [-0.4, -0.2) is 40.0 Å². The standard InChI is InChI=1S/C15H27N3O2S/c1-5-14-7-6-13(11-16)10-15(14)21(19,20)17-12(2)8-9-18(3)4/h6-7,10,12,17H,5,8-9,11,16H2,1-4H3. The van der Waals surface area contributed by atoms with E-state index in [1.54, 1.807) is 6.07 Å². The average molecular weight is 313 g/mol. The van der Waals surface area contributed by atoms with E-state index in [4.69, 9.17) is 5.73 Å². The molecule has 1 atom stereocenters. The molecule has 0 aromatic heterocycles. The van der Waals surface area contributed by atoms with E-state index in [1.807, 2.05) is 45.0 Å². The van der Waals surface area contributed by atoms with Crippen LogP contribution in [0.15, 0.2) is 23.1 Å². The van der Waals surface area contributed by atoms with E-state index in [9.17, 15) is 8.42 Å². The maximum absolute atomic E-state index is 12.6. The number of sulfonamides is 1. The van der Waals surface area contributed by atoms with Gasteiger partial charge in [-0.15, -0.1) is 0 Å². The van der Waals surface area contributed by atoms with Crippen molar-refractivity contribution in [3.05, 3.63) is 29.3 Å². The number of nitrogens with one attached hydrogen (secondary N) is 1. The highest BCUT2D eigenvalue weighted by molar-refractivity contribution is 7.89. The van der Waals surface area contributed by atoms with Gasteiger partial charge in [0.25, 0.3) is 0 Å². The highest BCUT2D eigenvalue weighted by Gasteiger charge is 2.20. The summed E-state index contributed by atoms with van der Waals surface area (Å²) in [7, 11) is 0.440. The second-order valence-electron chi connectivity index (χ2n) is 5.61. The summed E-state index contributed by atoms with van der Waals surface area (Å²) in [5.74, 6) is 0. The molecule has 0 aliphatic rings. The zero-order valence-electron chi connectivity index (χ0n) is 13.4. The smallest absolute Gasteiger partial charge is 0.241 e. The fraction of sp³-hybridized carbons (Fsp3) is 0.600. The zero-order chi connectivity index (χ0) is 16.0. The molecular weight excluding hydrogens is 286 g/mol. The first-order valence-corrected chi connectivity index (χ1v) is 8.77. The zero-order valence-corrected chi connectivity index (χ0v) is 14.2. The molecule has 0 radical (unpaired) electrons. The minimum atomic E-state index is -3.51. The van der Waals surface area contributed by atoms with E-state index in [2.05, 4.69) is 4.72 Å². The highest BCUT2D eigenvalue weighted by atomic mass is 32.2. The van der Waals surface area contributed by atoms with Gasteiger partial charge in [-0.25, -0.2) is 13.1 Å². The quantitative estimate of drug-likeness (QED) is 0.759. The minimum Gasteiger partial charge on any atom is -0.326 e. The molecule has 0 saturated heterocycles. The molecule has 0 saturated carbocycles. The molecule has 0 amide bonds. The average Bonchev–Trinajstić information content (AvgIpc) is 2.44. The van der Waals surface area contributed by atoms with Crippen LogP contribution >= 0.6 is 0 Å². The maximum Gasteiger partial charge on any atom is 0.241 e. The van der Waals surface area contributed by atoms with Gasteiger partial charge in [0.1, 0.15) is 0 Å². The molecule has 0 fully saturated rings. The summed E-state index contributed by atoms with van der Waals surface area (Å²) in [6.07, 6.45) is 1.44. The molecule has 1 unspecified atom stereocenters. The summed E-state index contributed by atoms with van der Waals surface area (Å²) < 4.78 is 27.9. The first-order valence-electron chi connectivity index (χ1n) is 7.29. The van der Waals surface area contributed by atoms with Crippen LogP contribution in [0.3, 0.4) is 0 Å². The van der Waals surface area contributed by atoms with Gasteiger partial charge in [-0.05, 0) is 57.6 Å². The molecule has 21 heavy (non-hydrogen) atoms. The van der Waals surface area contributed by atoms with Gasteiger partial charge in [0.2, 0.25) is 10.0 Å². The number of rotatable bonds is 8. The summed E-state index contributed by atoms with van der Waals surface area (Å²) in [6.45, 7) is 5.02. The molecule has 5 nitrogen and oxygen atoms in total. The number of aryl methyl sites for hydroxylation is 1. The monoisotopic (exact) mass is 313 g/mol. The van der Waals surface area contributed by atoms with Crippen LogP contribution in [-0.2, 0) is 23.0 Å². The molecule has 0 bridgehead atoms. The Hall–Kier alpha value is -0.950. The first-order chi connectivity index (χ1) is 9.80. The largest absolute Gasteiger partial charge is 0.326 e. The Morgan fingerprint density at radius 3 is 2.52 bits per heavy atom. The molecule has 6 heteroatoms. The lowest BCUT2D eigenvalue weighted by molar-refractivity contribution is 0.379. The van der Waals surface area contributed by atoms with Crippen molar-refractivity contribution in [3.63, 3.8) is 0 Å². The molecule has 0 spiro atoms. The van der Waals surface area contributed by atoms with E-state index in [0.717, 1.165) is 24.1 Å². The number of hydrogen-bond acceptors (Lipinski definition) is 4. The summed E-state index contributed by atoms with van der Waals surface area (Å²) >= 11 is 0. The van der Waals surface area contributed by atoms with Crippen molar-refractivity contribution >= 4 is 10.0 Å². The normalized spacial score (nSPS) is 13.6. The Bertz CT molecular complexity index is 556. The minimum absolute atomic E-state index is 0.108. The number of nitrogens with zero attached hydrogens (tertiary/aromatic N) is 1. The predicted octanol–water partition coefficient (Wildman–Crippen LogP) is 1.33. The summed E-state index contributed by atoms with van der Waals surface area (Å²) in [4.78, 5) is 2.39. The molecule has 3 N–H and O–H groups in total. The molecule has 0 aliphatic heterocycles. The lowest BCUT2D eigenvalue weighted by Gasteiger charge is -2.18. The van der Waals surface area contributed by atoms with Gasteiger partial charge in [0.05, 0.1) is 4.90 Å². The first kappa shape index (κ1) is 18.1. The van der Waals surface area contributed by atoms with Gasteiger partial charge in [0, 0.05) is 12.6 Å². The van der Waals surface area contributed by atoms with Crippen LogP contribution in [0.5, 0.6) is 0 Å². The van der Waals surface area contributed by atoms with Gasteiger partial charge in [-0.2, -0.15) is 0 Å². The molecule has 0 aliphatic carbocycles. The van der Waals surface area contributed by atoms with Crippen LogP contribution in [0.25, 0.3) is 0 Å². The van der Waals surface area contributed by atoms with E-state index < -0.39 is 10.0 Å². The van der Waals surface area contributed by atoms with Crippen molar-refractivity contribution in [1.29, 1.82) is 0 Å². The van der Waals surface area contributed by atoms with Crippen molar-refractivity contribution in [2.45, 2.75) is 44.2 Å². The Kier molecular flexibility index (Phi) is 6.80. The van der Waals surface area contributed by atoms with Crippen molar-refractivity contribution in [2.24, 2.45) is 5.73 Å². The maximum atomic E-state index is 12.6. The van der Waals surface area contributed by atoms with Crippen molar-refractivity contribution < 1.29 is 8.42 Å². The van der Waals surface area contributed by atoms with E-state index in [-0.39, 0.29) is 6.04 Å². The number of hydrogen-bond donors (Lipinski definition) is 2. The molecule has 0 heterocycles. The number of benzene rings is 1. The molecule has 120 valence electrons. The van der Waals surface area contributed by atoms with Crippen LogP contribution < -0.4 is 10.5 Å². The third-order valence-electron chi connectivity index (χ3n) is 3.40. The van der Waals surface area contributed by atoms with Gasteiger partial charge < -0.3 is 10.6 Å². The third kappa shape index (κ3) is 5.39. The molecular formula is C15H27N3O2S. The Balaban J connectivity index is 2.96. The van der Waals surface area contributed by atoms with Crippen LogP contribution in [0.4, 0.5) is 0 Å². The lowest BCUT2D eigenvalue weighted by Crippen LogP contribution is -2.35. The van der Waals surface area contributed by atoms with E-state index in [1.165, 1.54) is 0 Å². The Morgan fingerprint density at radius 1 is 1.33 bits per heavy atom. The van der Waals surface area contributed by atoms with Gasteiger partial charge in [-0.1, -0.05) is 19.1 Å². The predicted molar refractivity (Wildman–Crippen MR) is 86.7 cm³/mol. The van der Waals surface area contributed by atoms with Crippen LogP contribution in [0, 0.1) is 0 Å². The van der Waals surface area contributed by atoms with Gasteiger partial charge in [-0.3, -0.25) is 0 Å². The van der Waals surface area contributed by atoms with Crippen molar-refractivity contribution in [2.75, 3.05) is 20.6 Å². The third-order valence-corrected chi connectivity index (χ3v) is 5.08. The van der Waals surface area contributed by atoms with Crippen LogP contribution in [0.2, 0.25) is 0 Å². The Morgan fingerprint density at radius 2 is 2.00 bits per heavy atom. The van der Waals surface area contributed by atoms with Crippen molar-refractivity contribution in [3.8, 4) is 0 Å². The highest BCUT2D eigenvalue weighted by Crippen LogP contribution is 2.19. The summed E-state index contributed by atoms with van der Waals surface area (Å²) in [5.41, 5.74) is 7.26. The number of nitrogens with two attached hydrogens (primary N) is 1. The fourth-order valence-electron chi connectivity index (χ4n) is 2.11. The Labute approximate surface area is 128 Å². The second kappa shape index (κ2) is 7.89. The molecule has 1 rings (SSSR count). The summed E-state index contributed by atoms with van der Waals surface area (Å²) in [5, 5.41) is 0. The second-order valence-corrected chi connectivity index (χ2v) is 7.30. The lowest BCUT2D eigenvalue weighted by atomic mass is 10.1. The topological polar surface area (TPSA) is 75.4 Å². The van der Waals surface area contributed by atoms with Gasteiger partial charge in [0.15, 0.2) is 0 Å². The van der Waals surface area contributed by atoms with Gasteiger partial charge >= 0.3 is 0 Å². The SMILES string of the molecule is CCc1ccc(CN)cc1S(=O)(=O)NC(C)CCN(C)C. The molecule has 1 aromatic carbocycles. The summed E-state index contributed by atoms with van der Waals surface area (Å²) in [6, 6.07) is 5.30. The fourth-order valence-corrected chi connectivity index (χ4v) is 3.75. The van der Waals surface area contributed by atoms with Crippen LogP contribution in [0.1, 0.15) is 31.4 Å². The van der Waals surface area contributed by atoms with Crippen molar-refractivity contribution in [1.82, 2.24) is 9.62 Å². The van der Waals surface area contributed by atoms with E-state index in [0.29, 0.717) is 17.9 Å². The van der Waals surface area contributed by atoms with E-state index >= 15 is 0 Å².